The smallest absolute Gasteiger partial charge is 0.251 e. The Hall–Kier alpha value is -2.88. The van der Waals surface area contributed by atoms with Crippen LogP contribution in [0.3, 0.4) is 0 Å². The van der Waals surface area contributed by atoms with E-state index in [1.54, 1.807) is 29.7 Å². The van der Waals surface area contributed by atoms with Crippen LogP contribution in [-0.4, -0.2) is 71.5 Å². The van der Waals surface area contributed by atoms with Crippen molar-refractivity contribution >= 4 is 38.6 Å². The molecule has 1 aliphatic heterocycles. The molecule has 1 heterocycles. The van der Waals surface area contributed by atoms with Gasteiger partial charge in [0.15, 0.2) is 0 Å². The molecule has 2 aromatic rings. The summed E-state index contributed by atoms with van der Waals surface area (Å²) in [6.07, 6.45) is 2.86. The number of nitrogens with zero attached hydrogens (tertiary/aromatic N) is 1. The number of hydrogen-bond acceptors (Lipinski definition) is 6. The van der Waals surface area contributed by atoms with E-state index in [2.05, 4.69) is 28.7 Å². The van der Waals surface area contributed by atoms with Crippen molar-refractivity contribution in [3.8, 4) is 0 Å². The van der Waals surface area contributed by atoms with Crippen LogP contribution in [0.2, 0.25) is 0 Å². The van der Waals surface area contributed by atoms with Crippen molar-refractivity contribution in [3.63, 3.8) is 0 Å². The molecule has 1 amide bonds. The second-order valence-corrected chi connectivity index (χ2v) is 13.4. The van der Waals surface area contributed by atoms with E-state index in [-0.39, 0.29) is 18.1 Å². The summed E-state index contributed by atoms with van der Waals surface area (Å²) in [4.78, 5) is 25.7. The fourth-order valence-electron chi connectivity index (χ4n) is 4.90. The van der Waals surface area contributed by atoms with Gasteiger partial charge in [0.05, 0.1) is 17.8 Å². The van der Waals surface area contributed by atoms with Crippen LogP contribution in [0.15, 0.2) is 48.5 Å². The molecule has 0 bridgehead atoms. The average Bonchev–Trinajstić information content (AvgIpc) is 3.60. The average molecular weight is 541 g/mol. The number of Topliss-reactive ketones (excluding diaryl/α,β-unsaturated/α-hetero) is 1. The van der Waals surface area contributed by atoms with Crippen LogP contribution in [0.5, 0.6) is 0 Å². The molecule has 2 aromatic carbocycles. The van der Waals surface area contributed by atoms with Crippen LogP contribution in [0.1, 0.15) is 42.1 Å². The number of rotatable bonds is 11. The van der Waals surface area contributed by atoms with Crippen molar-refractivity contribution in [2.24, 2.45) is 11.8 Å². The zero-order chi connectivity index (χ0) is 27.4. The van der Waals surface area contributed by atoms with Gasteiger partial charge in [-0.05, 0) is 54.3 Å². The fourth-order valence-corrected chi connectivity index (χ4v) is 5.45. The first-order valence-corrected chi connectivity index (χ1v) is 15.3. The maximum Gasteiger partial charge on any atom is 0.251 e. The molecular formula is C29H40N4O4S. The van der Waals surface area contributed by atoms with Crippen LogP contribution >= 0.6 is 0 Å². The Morgan fingerprint density at radius 3 is 2.61 bits per heavy atom. The number of ketones is 1. The number of benzene rings is 2. The number of carbonyl (C=O) groups is 2. The third-order valence-electron chi connectivity index (χ3n) is 7.66. The van der Waals surface area contributed by atoms with Gasteiger partial charge in [0.25, 0.3) is 5.91 Å². The van der Waals surface area contributed by atoms with Gasteiger partial charge in [0.1, 0.15) is 5.78 Å². The van der Waals surface area contributed by atoms with Crippen LogP contribution in [0.4, 0.5) is 11.4 Å². The predicted molar refractivity (Wildman–Crippen MR) is 155 cm³/mol. The molecule has 38 heavy (non-hydrogen) atoms. The second-order valence-electron chi connectivity index (χ2n) is 10.9. The molecule has 4 N–H and O–H groups in total. The molecule has 0 aromatic heterocycles. The minimum absolute atomic E-state index is 0.102. The van der Waals surface area contributed by atoms with E-state index in [0.29, 0.717) is 42.5 Å². The zero-order valence-corrected chi connectivity index (χ0v) is 23.3. The number of piperidine rings is 1. The minimum atomic E-state index is -2.55. The zero-order valence-electron chi connectivity index (χ0n) is 22.5. The molecule has 2 aliphatic rings. The second kappa shape index (κ2) is 11.9. The van der Waals surface area contributed by atoms with E-state index in [9.17, 15) is 18.9 Å². The molecule has 6 atom stereocenters. The van der Waals surface area contributed by atoms with E-state index in [4.69, 9.17) is 0 Å². The number of aliphatic hydroxyl groups is 1. The highest BCUT2D eigenvalue weighted by Gasteiger charge is 2.33. The summed E-state index contributed by atoms with van der Waals surface area (Å²) in [5.41, 5.74) is 2.74. The lowest BCUT2D eigenvalue weighted by atomic mass is 9.91. The molecule has 206 valence electrons. The number of anilines is 2. The maximum absolute atomic E-state index is 13.6. The summed E-state index contributed by atoms with van der Waals surface area (Å²) in [6, 6.07) is 14.0. The number of nitrogens with one attached hydrogen (secondary N) is 3. The van der Waals surface area contributed by atoms with Gasteiger partial charge in [-0.3, -0.25) is 9.59 Å². The summed E-state index contributed by atoms with van der Waals surface area (Å²) < 4.78 is 14.3. The number of carbonyl (C=O) groups excluding carboxylic acids is 2. The maximum atomic E-state index is 13.6. The van der Waals surface area contributed by atoms with Crippen LogP contribution in [-0.2, 0) is 20.9 Å². The molecule has 1 aliphatic carbocycles. The summed E-state index contributed by atoms with van der Waals surface area (Å²) in [5.74, 6) is 4.83. The fraction of sp³-hybridized carbons (Fsp3) is 0.483. The van der Waals surface area contributed by atoms with Crippen molar-refractivity contribution in [2.75, 3.05) is 36.0 Å². The Balaban J connectivity index is 1.59. The van der Waals surface area contributed by atoms with Gasteiger partial charge in [0, 0.05) is 66.2 Å². The summed E-state index contributed by atoms with van der Waals surface area (Å²) in [6.45, 7) is 3.53. The van der Waals surface area contributed by atoms with Gasteiger partial charge < -0.3 is 25.4 Å². The van der Waals surface area contributed by atoms with Crippen molar-refractivity contribution in [2.45, 2.75) is 50.8 Å². The lowest BCUT2D eigenvalue weighted by molar-refractivity contribution is -0.121. The topological polar surface area (TPSA) is 111 Å². The van der Waals surface area contributed by atoms with Gasteiger partial charge in [-0.25, -0.2) is 4.21 Å². The van der Waals surface area contributed by atoms with Crippen LogP contribution in [0, 0.1) is 11.8 Å². The minimum Gasteiger partial charge on any atom is -0.389 e. The molecule has 1 saturated carbocycles. The van der Waals surface area contributed by atoms with E-state index in [1.165, 1.54) is 6.42 Å². The van der Waals surface area contributed by atoms with Crippen molar-refractivity contribution in [1.29, 1.82) is 0 Å². The first-order chi connectivity index (χ1) is 18.0. The van der Waals surface area contributed by atoms with Crippen molar-refractivity contribution in [1.82, 2.24) is 10.6 Å². The highest BCUT2D eigenvalue weighted by molar-refractivity contribution is 8.00. The van der Waals surface area contributed by atoms with Crippen LogP contribution < -0.4 is 20.3 Å². The number of aliphatic hydroxyl groups excluding tert-OH is 1. The third kappa shape index (κ3) is 7.36. The van der Waals surface area contributed by atoms with Gasteiger partial charge in [0.2, 0.25) is 0 Å². The standard InChI is InChI=1S/C29H40N4O4S/c1-19-12-22(19)18-31-23-14-21(15-24(16-23)33(2)38(3,4)37)29(36)32-27(13-20-8-6-5-7-9-20)28(35)26-17-25(34)10-11-30-26/h5-9,14-16,19,22,26-28,30-31,35H,3,10-13,17-18H2,1-2,4H3,(H,32,36). The molecule has 1 saturated heterocycles. The van der Waals surface area contributed by atoms with Gasteiger partial charge >= 0.3 is 0 Å². The first-order valence-electron chi connectivity index (χ1n) is 13.2. The Morgan fingerprint density at radius 2 is 1.97 bits per heavy atom. The molecular weight excluding hydrogens is 500 g/mol. The predicted octanol–water partition coefficient (Wildman–Crippen LogP) is 2.47. The summed E-state index contributed by atoms with van der Waals surface area (Å²) >= 11 is 0. The summed E-state index contributed by atoms with van der Waals surface area (Å²) in [5, 5.41) is 21.0. The highest BCUT2D eigenvalue weighted by Crippen LogP contribution is 2.37. The quantitative estimate of drug-likeness (QED) is 0.326. The van der Waals surface area contributed by atoms with Crippen molar-refractivity contribution < 1.29 is 18.9 Å². The Kier molecular flexibility index (Phi) is 8.80. The van der Waals surface area contributed by atoms with Crippen molar-refractivity contribution in [3.05, 3.63) is 59.7 Å². The largest absolute Gasteiger partial charge is 0.389 e. The van der Waals surface area contributed by atoms with Crippen LogP contribution in [0.25, 0.3) is 0 Å². The molecule has 6 unspecified atom stereocenters. The van der Waals surface area contributed by atoms with E-state index in [1.807, 2.05) is 36.4 Å². The van der Waals surface area contributed by atoms with Gasteiger partial charge in [-0.1, -0.05) is 37.3 Å². The summed E-state index contributed by atoms with van der Waals surface area (Å²) in [7, 11) is -0.845. The molecule has 9 heteroatoms. The molecule has 8 nitrogen and oxygen atoms in total. The monoisotopic (exact) mass is 540 g/mol. The lowest BCUT2D eigenvalue weighted by Crippen LogP contribution is -2.56. The third-order valence-corrected chi connectivity index (χ3v) is 9.03. The Bertz CT molecular complexity index is 1250. The number of hydrogen-bond donors (Lipinski definition) is 4. The van der Waals surface area contributed by atoms with E-state index < -0.39 is 27.9 Å². The lowest BCUT2D eigenvalue weighted by Gasteiger charge is -2.33. The Labute approximate surface area is 226 Å². The highest BCUT2D eigenvalue weighted by atomic mass is 32.2. The molecule has 2 fully saturated rings. The molecule has 4 rings (SSSR count). The molecule has 0 radical (unpaired) electrons. The van der Waals surface area contributed by atoms with E-state index in [0.717, 1.165) is 17.8 Å². The SMILES string of the molecule is C=S(C)(=O)N(C)c1cc(NCC2CC2C)cc(C(=O)NC(Cc2ccccc2)C(O)C2CC(=O)CCN2)c1. The normalized spacial score (nSPS) is 24.1. The van der Waals surface area contributed by atoms with Gasteiger partial charge in [-0.2, -0.15) is 0 Å². The van der Waals surface area contributed by atoms with E-state index >= 15 is 0 Å². The molecule has 0 spiro atoms. The first kappa shape index (κ1) is 28.1. The van der Waals surface area contributed by atoms with Gasteiger partial charge in [-0.15, -0.1) is 0 Å². The number of amides is 1. The Morgan fingerprint density at radius 1 is 1.26 bits per heavy atom.